The molecule has 0 spiro atoms. The third kappa shape index (κ3) is 2.91. The van der Waals surface area contributed by atoms with Crippen molar-refractivity contribution >= 4 is 15.9 Å². The molecule has 0 unspecified atom stereocenters. The van der Waals surface area contributed by atoms with Crippen LogP contribution in [0.4, 0.5) is 0 Å². The summed E-state index contributed by atoms with van der Waals surface area (Å²) < 4.78 is 38.5. The first-order chi connectivity index (χ1) is 13.5. The lowest BCUT2D eigenvalue weighted by molar-refractivity contribution is 0.0691. The molecule has 1 aromatic heterocycles. The molecule has 3 heterocycles. The van der Waals surface area contributed by atoms with Gasteiger partial charge in [0, 0.05) is 36.6 Å². The molecule has 2 bridgehead atoms. The van der Waals surface area contributed by atoms with Crippen LogP contribution in [0.3, 0.4) is 0 Å². The minimum atomic E-state index is -3.61. The van der Waals surface area contributed by atoms with Crippen LogP contribution in [0, 0.1) is 5.92 Å². The van der Waals surface area contributed by atoms with Gasteiger partial charge in [-0.3, -0.25) is 9.78 Å². The number of hydrogen-bond acceptors (Lipinski definition) is 6. The third-order valence-corrected chi connectivity index (χ3v) is 7.15. The first-order valence-corrected chi connectivity index (χ1v) is 10.6. The van der Waals surface area contributed by atoms with Crippen molar-refractivity contribution in [2.75, 3.05) is 13.3 Å². The fourth-order valence-electron chi connectivity index (χ4n) is 4.32. The van der Waals surface area contributed by atoms with Gasteiger partial charge in [-0.2, -0.15) is 0 Å². The van der Waals surface area contributed by atoms with Crippen LogP contribution in [0.1, 0.15) is 23.2 Å². The molecule has 9 heteroatoms. The van der Waals surface area contributed by atoms with E-state index in [9.17, 15) is 13.2 Å². The van der Waals surface area contributed by atoms with Crippen molar-refractivity contribution in [1.29, 1.82) is 0 Å². The largest absolute Gasteiger partial charge is 0.454 e. The van der Waals surface area contributed by atoms with E-state index in [1.165, 1.54) is 18.5 Å². The van der Waals surface area contributed by atoms with E-state index in [-0.39, 0.29) is 35.6 Å². The molecule has 2 fully saturated rings. The first kappa shape index (κ1) is 17.4. The molecular weight excluding hydrogens is 382 g/mol. The quantitative estimate of drug-likeness (QED) is 0.832. The fraction of sp³-hybridized carbons (Fsp3) is 0.368. The van der Waals surface area contributed by atoms with E-state index in [1.807, 2.05) is 4.90 Å². The predicted molar refractivity (Wildman–Crippen MR) is 98.5 cm³/mol. The average molecular weight is 401 g/mol. The Morgan fingerprint density at radius 3 is 2.79 bits per heavy atom. The maximum absolute atomic E-state index is 12.9. The Labute approximate surface area is 162 Å². The Bertz CT molecular complexity index is 1030. The number of nitrogens with zero attached hydrogens (tertiary/aromatic N) is 2. The number of benzene rings is 1. The lowest BCUT2D eigenvalue weighted by Crippen LogP contribution is -2.47. The third-order valence-electron chi connectivity index (χ3n) is 5.67. The molecule has 1 aliphatic carbocycles. The number of aromatic nitrogens is 1. The molecule has 2 aliphatic heterocycles. The van der Waals surface area contributed by atoms with Gasteiger partial charge in [-0.25, -0.2) is 13.1 Å². The van der Waals surface area contributed by atoms with Crippen molar-refractivity contribution in [3.8, 4) is 11.5 Å². The Kier molecular flexibility index (Phi) is 4.02. The van der Waals surface area contributed by atoms with Crippen molar-refractivity contribution in [3.05, 3.63) is 48.3 Å². The zero-order valence-corrected chi connectivity index (χ0v) is 15.8. The summed E-state index contributed by atoms with van der Waals surface area (Å²) in [5.41, 5.74) is 0.560. The lowest BCUT2D eigenvalue weighted by atomic mass is 10.0. The van der Waals surface area contributed by atoms with Gasteiger partial charge in [-0.15, -0.1) is 0 Å². The molecule has 3 atom stereocenters. The standard InChI is InChI=1S/C19H19N3O5S/c23-19(12-3-4-17-18(7-12)27-11-26-17)22-10-13-6-14(22)8-16(13)21-28(24,25)15-2-1-5-20-9-15/h1-5,7,9,13-14,16,21H,6,8,10-11H2/t13-,14-,16-/m0/s1. The summed E-state index contributed by atoms with van der Waals surface area (Å²) >= 11 is 0. The van der Waals surface area contributed by atoms with Gasteiger partial charge in [0.15, 0.2) is 11.5 Å². The molecule has 5 rings (SSSR count). The Morgan fingerprint density at radius 1 is 1.18 bits per heavy atom. The number of amides is 1. The normalized spacial score (nSPS) is 25.3. The zero-order valence-electron chi connectivity index (χ0n) is 14.9. The molecule has 3 aliphatic rings. The van der Waals surface area contributed by atoms with Crippen molar-refractivity contribution in [2.45, 2.75) is 29.8 Å². The highest BCUT2D eigenvalue weighted by atomic mass is 32.2. The summed E-state index contributed by atoms with van der Waals surface area (Å²) in [5.74, 6) is 1.27. The summed E-state index contributed by atoms with van der Waals surface area (Å²) in [4.78, 5) is 18.8. The summed E-state index contributed by atoms with van der Waals surface area (Å²) in [5, 5.41) is 0. The van der Waals surface area contributed by atoms with E-state index in [0.29, 0.717) is 30.0 Å². The van der Waals surface area contributed by atoms with E-state index in [4.69, 9.17) is 9.47 Å². The van der Waals surface area contributed by atoms with Gasteiger partial charge in [0.1, 0.15) is 4.90 Å². The molecule has 146 valence electrons. The topological polar surface area (TPSA) is 97.8 Å². The molecule has 28 heavy (non-hydrogen) atoms. The molecule has 1 aromatic carbocycles. The van der Waals surface area contributed by atoms with E-state index in [2.05, 4.69) is 9.71 Å². The van der Waals surface area contributed by atoms with Crippen LogP contribution in [0.5, 0.6) is 11.5 Å². The fourth-order valence-corrected chi connectivity index (χ4v) is 5.60. The number of carbonyl (C=O) groups is 1. The summed E-state index contributed by atoms with van der Waals surface area (Å²) in [6.45, 7) is 0.707. The van der Waals surface area contributed by atoms with Gasteiger partial charge in [0.2, 0.25) is 16.8 Å². The number of rotatable bonds is 4. The number of ether oxygens (including phenoxy) is 2. The molecule has 1 saturated carbocycles. The zero-order chi connectivity index (χ0) is 19.3. The number of nitrogens with one attached hydrogen (secondary N) is 1. The highest BCUT2D eigenvalue weighted by Gasteiger charge is 2.47. The number of fused-ring (bicyclic) bond motifs is 3. The molecule has 1 N–H and O–H groups in total. The van der Waals surface area contributed by atoms with Crippen molar-refractivity contribution in [2.24, 2.45) is 5.92 Å². The second-order valence-electron chi connectivity index (χ2n) is 7.33. The van der Waals surface area contributed by atoms with Crippen LogP contribution >= 0.6 is 0 Å². The molecule has 8 nitrogen and oxygen atoms in total. The maximum atomic E-state index is 12.9. The Balaban J connectivity index is 1.28. The van der Waals surface area contributed by atoms with Gasteiger partial charge >= 0.3 is 0 Å². The Hall–Kier alpha value is -2.65. The van der Waals surface area contributed by atoms with Crippen LogP contribution in [-0.2, 0) is 10.0 Å². The van der Waals surface area contributed by atoms with Crippen LogP contribution in [0.2, 0.25) is 0 Å². The summed E-state index contributed by atoms with van der Waals surface area (Å²) in [7, 11) is -3.61. The minimum absolute atomic E-state index is 0.0320. The number of sulfonamides is 1. The van der Waals surface area contributed by atoms with E-state index >= 15 is 0 Å². The van der Waals surface area contributed by atoms with Gasteiger partial charge in [0.05, 0.1) is 0 Å². The van der Waals surface area contributed by atoms with Gasteiger partial charge < -0.3 is 14.4 Å². The van der Waals surface area contributed by atoms with Crippen LogP contribution < -0.4 is 14.2 Å². The predicted octanol–water partition coefficient (Wildman–Crippen LogP) is 1.39. The molecular formula is C19H19N3O5S. The van der Waals surface area contributed by atoms with Crippen LogP contribution in [-0.4, -0.2) is 49.6 Å². The molecule has 0 radical (unpaired) electrons. The number of carbonyl (C=O) groups excluding carboxylic acids is 1. The highest BCUT2D eigenvalue weighted by molar-refractivity contribution is 7.89. The average Bonchev–Trinajstić information content (AvgIpc) is 3.42. The summed E-state index contributed by atoms with van der Waals surface area (Å²) in [6.07, 6.45) is 4.29. The lowest BCUT2D eigenvalue weighted by Gasteiger charge is -2.32. The van der Waals surface area contributed by atoms with Gasteiger partial charge in [0.25, 0.3) is 5.91 Å². The molecule has 2 aromatic rings. The van der Waals surface area contributed by atoms with Crippen LogP contribution in [0.15, 0.2) is 47.6 Å². The number of pyridine rings is 1. The number of hydrogen-bond donors (Lipinski definition) is 1. The van der Waals surface area contributed by atoms with Crippen LogP contribution in [0.25, 0.3) is 0 Å². The van der Waals surface area contributed by atoms with Gasteiger partial charge in [-0.05, 0) is 49.1 Å². The second kappa shape index (κ2) is 6.46. The highest BCUT2D eigenvalue weighted by Crippen LogP contribution is 2.40. The Morgan fingerprint density at radius 2 is 2.04 bits per heavy atom. The second-order valence-corrected chi connectivity index (χ2v) is 9.04. The number of piperidine rings is 1. The molecule has 1 amide bonds. The number of likely N-dealkylation sites (tertiary alicyclic amines) is 1. The van der Waals surface area contributed by atoms with Crippen molar-refractivity contribution < 1.29 is 22.7 Å². The van der Waals surface area contributed by atoms with Gasteiger partial charge in [-0.1, -0.05) is 0 Å². The molecule has 1 saturated heterocycles. The van der Waals surface area contributed by atoms with E-state index < -0.39 is 10.0 Å². The first-order valence-electron chi connectivity index (χ1n) is 9.14. The smallest absolute Gasteiger partial charge is 0.254 e. The summed E-state index contributed by atoms with van der Waals surface area (Å²) in [6, 6.07) is 8.18. The van der Waals surface area contributed by atoms with Crippen molar-refractivity contribution in [1.82, 2.24) is 14.6 Å². The van der Waals surface area contributed by atoms with Crippen molar-refractivity contribution in [3.63, 3.8) is 0 Å². The monoisotopic (exact) mass is 401 g/mol. The maximum Gasteiger partial charge on any atom is 0.254 e. The van der Waals surface area contributed by atoms with E-state index in [0.717, 1.165) is 6.42 Å². The SMILES string of the molecule is O=C(c1ccc2c(c1)OCO2)N1C[C@@H]2C[C@H]1C[C@@H]2NS(=O)(=O)c1cccnc1. The van der Waals surface area contributed by atoms with E-state index in [1.54, 1.807) is 24.3 Å². The minimum Gasteiger partial charge on any atom is -0.454 e.